The molecule has 0 bridgehead atoms. The van der Waals surface area contributed by atoms with Gasteiger partial charge in [-0.3, -0.25) is 19.0 Å². The van der Waals surface area contributed by atoms with Crippen LogP contribution < -0.4 is 15.9 Å². The molecule has 0 spiro atoms. The highest BCUT2D eigenvalue weighted by Crippen LogP contribution is 2.21. The predicted octanol–water partition coefficient (Wildman–Crippen LogP) is 1.05. The van der Waals surface area contributed by atoms with Crippen LogP contribution in [0.3, 0.4) is 0 Å². The molecule has 0 saturated carbocycles. The zero-order valence-corrected chi connectivity index (χ0v) is 16.9. The molecule has 3 aromatic rings. The first-order valence-corrected chi connectivity index (χ1v) is 9.83. The van der Waals surface area contributed by atoms with Gasteiger partial charge in [0, 0.05) is 38.8 Å². The first kappa shape index (κ1) is 19.8. The Bertz CT molecular complexity index is 1210. The number of likely N-dealkylation sites (tertiary alicyclic amines) is 1. The van der Waals surface area contributed by atoms with E-state index in [9.17, 15) is 14.4 Å². The maximum Gasteiger partial charge on any atom is 0.274 e. The summed E-state index contributed by atoms with van der Waals surface area (Å²) in [4.78, 5) is 43.1. The van der Waals surface area contributed by atoms with Crippen LogP contribution in [-0.4, -0.2) is 50.3 Å². The summed E-state index contributed by atoms with van der Waals surface area (Å²) >= 11 is 0. The van der Waals surface area contributed by atoms with Crippen LogP contribution in [0.15, 0.2) is 46.2 Å². The minimum Gasteiger partial charge on any atom is -0.497 e. The van der Waals surface area contributed by atoms with Gasteiger partial charge in [-0.25, -0.2) is 9.67 Å². The van der Waals surface area contributed by atoms with Gasteiger partial charge in [-0.2, -0.15) is 5.10 Å². The number of methoxy groups -OCH3 is 1. The lowest BCUT2D eigenvalue weighted by molar-refractivity contribution is 0.0673. The number of nitrogens with zero attached hydrogens (tertiary/aromatic N) is 5. The van der Waals surface area contributed by atoms with Crippen molar-refractivity contribution in [2.24, 2.45) is 13.0 Å². The molecule has 1 fully saturated rings. The average molecular weight is 409 g/mol. The molecule has 0 aliphatic carbocycles. The predicted molar refractivity (Wildman–Crippen MR) is 111 cm³/mol. The van der Waals surface area contributed by atoms with E-state index in [0.717, 1.165) is 17.5 Å². The molecular weight excluding hydrogens is 386 g/mol. The maximum absolute atomic E-state index is 12.8. The summed E-state index contributed by atoms with van der Waals surface area (Å²) < 4.78 is 7.99. The van der Waals surface area contributed by atoms with E-state index in [4.69, 9.17) is 4.74 Å². The van der Waals surface area contributed by atoms with Crippen LogP contribution in [0, 0.1) is 5.92 Å². The monoisotopic (exact) mass is 409 g/mol. The number of hydrogen-bond acceptors (Lipinski definition) is 6. The van der Waals surface area contributed by atoms with Crippen molar-refractivity contribution in [2.45, 2.75) is 19.4 Å². The molecule has 9 nitrogen and oxygen atoms in total. The number of aromatic nitrogens is 4. The van der Waals surface area contributed by atoms with Gasteiger partial charge in [-0.1, -0.05) is 0 Å². The van der Waals surface area contributed by atoms with E-state index in [0.29, 0.717) is 36.3 Å². The molecule has 1 aliphatic rings. The van der Waals surface area contributed by atoms with Gasteiger partial charge in [0.1, 0.15) is 11.4 Å². The lowest BCUT2D eigenvalue weighted by atomic mass is 9.96. The second-order valence-electron chi connectivity index (χ2n) is 7.50. The molecule has 0 unspecified atom stereocenters. The molecule has 156 valence electrons. The highest BCUT2D eigenvalue weighted by Gasteiger charge is 2.25. The molecular formula is C21H23N5O4. The number of rotatable bonds is 4. The molecule has 4 rings (SSSR count). The zero-order chi connectivity index (χ0) is 21.3. The van der Waals surface area contributed by atoms with Gasteiger partial charge < -0.3 is 9.64 Å². The molecule has 1 aromatic carbocycles. The number of fused-ring (bicyclic) bond motifs is 1. The standard InChI is InChI=1S/C21H23N5O4/c1-24-19(27)6-5-17(23-24)21(29)25-9-7-14(8-10-25)12-26-13-22-18-11-15(30-2)3-4-16(18)20(26)28/h3-6,11,13-14H,7-10,12H2,1-2H3. The summed E-state index contributed by atoms with van der Waals surface area (Å²) in [7, 11) is 3.10. The van der Waals surface area contributed by atoms with Crippen molar-refractivity contribution < 1.29 is 9.53 Å². The highest BCUT2D eigenvalue weighted by molar-refractivity contribution is 5.92. The molecule has 0 N–H and O–H groups in total. The Kier molecular flexibility index (Phi) is 5.35. The molecule has 9 heteroatoms. The van der Waals surface area contributed by atoms with Crippen molar-refractivity contribution in [3.8, 4) is 5.75 Å². The number of carbonyl (C=O) groups excluding carboxylic acids is 1. The third-order valence-corrected chi connectivity index (χ3v) is 5.57. The molecule has 3 heterocycles. The minimum absolute atomic E-state index is 0.0736. The van der Waals surface area contributed by atoms with Gasteiger partial charge >= 0.3 is 0 Å². The summed E-state index contributed by atoms with van der Waals surface area (Å²) in [5.74, 6) is 0.761. The minimum atomic E-state index is -0.252. The molecule has 30 heavy (non-hydrogen) atoms. The summed E-state index contributed by atoms with van der Waals surface area (Å²) in [6.07, 6.45) is 3.14. The average Bonchev–Trinajstić information content (AvgIpc) is 2.77. The van der Waals surface area contributed by atoms with Gasteiger partial charge in [0.2, 0.25) is 0 Å². The quantitative estimate of drug-likeness (QED) is 0.639. The Morgan fingerprint density at radius 1 is 1.17 bits per heavy atom. The van der Waals surface area contributed by atoms with E-state index in [2.05, 4.69) is 10.1 Å². The normalized spacial score (nSPS) is 14.8. The van der Waals surface area contributed by atoms with E-state index in [1.54, 1.807) is 41.1 Å². The van der Waals surface area contributed by atoms with Gasteiger partial charge in [-0.05, 0) is 37.0 Å². The van der Waals surface area contributed by atoms with E-state index in [-0.39, 0.29) is 28.6 Å². The second-order valence-corrected chi connectivity index (χ2v) is 7.50. The third-order valence-electron chi connectivity index (χ3n) is 5.57. The van der Waals surface area contributed by atoms with Crippen LogP contribution in [0.2, 0.25) is 0 Å². The van der Waals surface area contributed by atoms with Crippen LogP contribution in [0.25, 0.3) is 10.9 Å². The third kappa shape index (κ3) is 3.83. The van der Waals surface area contributed by atoms with E-state index >= 15 is 0 Å². The maximum atomic E-state index is 12.8. The van der Waals surface area contributed by atoms with Crippen LogP contribution in [0.1, 0.15) is 23.3 Å². The molecule has 2 aromatic heterocycles. The van der Waals surface area contributed by atoms with Crippen LogP contribution in [0.5, 0.6) is 5.75 Å². The van der Waals surface area contributed by atoms with Crippen molar-refractivity contribution >= 4 is 16.8 Å². The summed E-state index contributed by atoms with van der Waals surface area (Å²) in [5, 5.41) is 4.60. The lowest BCUT2D eigenvalue weighted by Gasteiger charge is -2.32. The number of amides is 1. The van der Waals surface area contributed by atoms with Gasteiger partial charge in [0.15, 0.2) is 0 Å². The Labute approximate surface area is 172 Å². The number of piperidine rings is 1. The van der Waals surface area contributed by atoms with Crippen molar-refractivity contribution in [3.63, 3.8) is 0 Å². The van der Waals surface area contributed by atoms with Crippen LogP contribution in [0.4, 0.5) is 0 Å². The molecule has 1 aliphatic heterocycles. The Hall–Kier alpha value is -3.49. The van der Waals surface area contributed by atoms with Gasteiger partial charge in [-0.15, -0.1) is 0 Å². The van der Waals surface area contributed by atoms with Crippen molar-refractivity contribution in [3.05, 3.63) is 63.1 Å². The Morgan fingerprint density at radius 2 is 1.93 bits per heavy atom. The van der Waals surface area contributed by atoms with Crippen molar-refractivity contribution in [1.29, 1.82) is 0 Å². The Morgan fingerprint density at radius 3 is 2.63 bits per heavy atom. The second kappa shape index (κ2) is 8.10. The number of ether oxygens (including phenoxy) is 1. The van der Waals surface area contributed by atoms with Gasteiger partial charge in [0.25, 0.3) is 17.0 Å². The largest absolute Gasteiger partial charge is 0.497 e. The highest BCUT2D eigenvalue weighted by atomic mass is 16.5. The van der Waals surface area contributed by atoms with Gasteiger partial charge in [0.05, 0.1) is 24.3 Å². The topological polar surface area (TPSA) is 99.3 Å². The van der Waals surface area contributed by atoms with E-state index in [1.165, 1.54) is 19.2 Å². The lowest BCUT2D eigenvalue weighted by Crippen LogP contribution is -2.41. The van der Waals surface area contributed by atoms with Crippen LogP contribution >= 0.6 is 0 Å². The number of benzene rings is 1. The first-order chi connectivity index (χ1) is 14.5. The fourth-order valence-electron chi connectivity index (χ4n) is 3.77. The summed E-state index contributed by atoms with van der Waals surface area (Å²) in [5.41, 5.74) is 0.551. The van der Waals surface area contributed by atoms with Crippen molar-refractivity contribution in [1.82, 2.24) is 24.2 Å². The molecule has 0 atom stereocenters. The zero-order valence-electron chi connectivity index (χ0n) is 16.9. The molecule has 0 radical (unpaired) electrons. The number of aryl methyl sites for hydroxylation is 1. The fourth-order valence-corrected chi connectivity index (χ4v) is 3.77. The fraction of sp³-hybridized carbons (Fsp3) is 0.381. The van der Waals surface area contributed by atoms with E-state index in [1.807, 2.05) is 0 Å². The number of hydrogen-bond donors (Lipinski definition) is 0. The smallest absolute Gasteiger partial charge is 0.274 e. The van der Waals surface area contributed by atoms with Crippen molar-refractivity contribution in [2.75, 3.05) is 20.2 Å². The number of carbonyl (C=O) groups is 1. The van der Waals surface area contributed by atoms with Crippen LogP contribution in [-0.2, 0) is 13.6 Å². The SMILES string of the molecule is COc1ccc2c(=O)n(CC3CCN(C(=O)c4ccc(=O)n(C)n4)CC3)cnc2c1. The summed E-state index contributed by atoms with van der Waals surface area (Å²) in [6.45, 7) is 1.73. The summed E-state index contributed by atoms with van der Waals surface area (Å²) in [6, 6.07) is 8.06. The van der Waals surface area contributed by atoms with E-state index < -0.39 is 0 Å². The molecule has 1 amide bonds. The Balaban J connectivity index is 1.43. The first-order valence-electron chi connectivity index (χ1n) is 9.83. The molecule has 1 saturated heterocycles.